The van der Waals surface area contributed by atoms with Gasteiger partial charge in [0.2, 0.25) is 20.0 Å². The highest BCUT2D eigenvalue weighted by Gasteiger charge is 2.26. The number of nitrogen functional groups attached to an aromatic ring is 1. The van der Waals surface area contributed by atoms with E-state index in [9.17, 15) is 21.2 Å². The number of rotatable bonds is 6. The Labute approximate surface area is 123 Å². The van der Waals surface area contributed by atoms with Gasteiger partial charge in [-0.1, -0.05) is 0 Å². The van der Waals surface area contributed by atoms with Gasteiger partial charge in [0.25, 0.3) is 0 Å². The van der Waals surface area contributed by atoms with Crippen LogP contribution in [-0.2, 0) is 20.0 Å². The molecule has 0 unspecified atom stereocenters. The lowest BCUT2D eigenvalue weighted by Crippen LogP contribution is -2.51. The Kier molecular flexibility index (Phi) is 4.98. The lowest BCUT2D eigenvalue weighted by molar-refractivity contribution is 0.445. The summed E-state index contributed by atoms with van der Waals surface area (Å²) < 4.78 is 64.4. The van der Waals surface area contributed by atoms with Crippen LogP contribution in [0.1, 0.15) is 13.8 Å². The first kappa shape index (κ1) is 17.8. The minimum atomic E-state index is -4.14. The van der Waals surface area contributed by atoms with Gasteiger partial charge in [-0.25, -0.2) is 30.7 Å². The third-order valence-corrected chi connectivity index (χ3v) is 4.75. The molecule has 0 aromatic heterocycles. The number of nitrogens with two attached hydrogens (primary N) is 1. The molecule has 4 N–H and O–H groups in total. The predicted molar refractivity (Wildman–Crippen MR) is 78.1 cm³/mol. The standard InChI is InChI=1S/C11H18FN3O4S2/c1-11(2,15-20(3,16)17)7-14-21(18,19)10-6-8(13)4-5-9(10)12/h4-6,14-15H,7,13H2,1-3H3. The van der Waals surface area contributed by atoms with E-state index >= 15 is 0 Å². The van der Waals surface area contributed by atoms with Crippen LogP contribution in [0.3, 0.4) is 0 Å². The van der Waals surface area contributed by atoms with E-state index in [1.54, 1.807) is 0 Å². The van der Waals surface area contributed by atoms with Crippen molar-refractivity contribution in [3.8, 4) is 0 Å². The number of nitrogens with one attached hydrogen (secondary N) is 2. The number of halogens is 1. The first-order chi connectivity index (χ1) is 9.32. The Morgan fingerprint density at radius 2 is 1.81 bits per heavy atom. The molecule has 7 nitrogen and oxygen atoms in total. The largest absolute Gasteiger partial charge is 0.399 e. The number of hydrogen-bond acceptors (Lipinski definition) is 5. The van der Waals surface area contributed by atoms with Gasteiger partial charge in [-0.05, 0) is 32.0 Å². The van der Waals surface area contributed by atoms with Crippen LogP contribution in [0.25, 0.3) is 0 Å². The van der Waals surface area contributed by atoms with Crippen LogP contribution in [0, 0.1) is 5.82 Å². The van der Waals surface area contributed by atoms with Gasteiger partial charge in [0.05, 0.1) is 6.26 Å². The van der Waals surface area contributed by atoms with E-state index in [0.29, 0.717) is 0 Å². The van der Waals surface area contributed by atoms with Crippen LogP contribution < -0.4 is 15.2 Å². The molecule has 0 radical (unpaired) electrons. The Bertz CT molecular complexity index is 730. The van der Waals surface area contributed by atoms with Crippen LogP contribution in [0.15, 0.2) is 23.1 Å². The summed E-state index contributed by atoms with van der Waals surface area (Å²) in [6.45, 7) is 2.73. The summed E-state index contributed by atoms with van der Waals surface area (Å²) in [7, 11) is -7.65. The summed E-state index contributed by atoms with van der Waals surface area (Å²) in [6.07, 6.45) is 0.959. The molecule has 120 valence electrons. The predicted octanol–water partition coefficient (Wildman–Crippen LogP) is 0.0140. The Hall–Kier alpha value is -1.23. The molecule has 0 aliphatic heterocycles. The Morgan fingerprint density at radius 1 is 1.24 bits per heavy atom. The number of benzene rings is 1. The highest BCUT2D eigenvalue weighted by atomic mass is 32.2. The molecule has 0 bridgehead atoms. The highest BCUT2D eigenvalue weighted by molar-refractivity contribution is 7.89. The maximum Gasteiger partial charge on any atom is 0.243 e. The van der Waals surface area contributed by atoms with Gasteiger partial charge in [-0.3, -0.25) is 0 Å². The second-order valence-corrected chi connectivity index (χ2v) is 8.76. The third kappa shape index (κ3) is 5.58. The molecule has 0 amide bonds. The van der Waals surface area contributed by atoms with E-state index < -0.39 is 36.3 Å². The first-order valence-corrected chi connectivity index (χ1v) is 9.23. The zero-order chi connectivity index (χ0) is 16.5. The molecule has 21 heavy (non-hydrogen) atoms. The van der Waals surface area contributed by atoms with Crippen molar-refractivity contribution in [1.29, 1.82) is 0 Å². The molecular formula is C11H18FN3O4S2. The molecule has 0 spiro atoms. The van der Waals surface area contributed by atoms with Gasteiger partial charge in [-0.2, -0.15) is 0 Å². The van der Waals surface area contributed by atoms with Gasteiger partial charge < -0.3 is 5.73 Å². The number of sulfonamides is 2. The molecule has 0 aliphatic carbocycles. The fourth-order valence-electron chi connectivity index (χ4n) is 1.62. The molecule has 1 aromatic carbocycles. The Morgan fingerprint density at radius 3 is 2.33 bits per heavy atom. The summed E-state index contributed by atoms with van der Waals surface area (Å²) in [4.78, 5) is -0.586. The molecule has 1 aromatic rings. The summed E-state index contributed by atoms with van der Waals surface area (Å²) in [6, 6.07) is 3.18. The molecular weight excluding hydrogens is 321 g/mol. The second-order valence-electron chi connectivity index (χ2n) is 5.27. The lowest BCUT2D eigenvalue weighted by atomic mass is 10.1. The van der Waals surface area contributed by atoms with E-state index in [4.69, 9.17) is 5.73 Å². The van der Waals surface area contributed by atoms with E-state index in [1.165, 1.54) is 19.9 Å². The minimum Gasteiger partial charge on any atom is -0.399 e. The average molecular weight is 339 g/mol. The summed E-state index contributed by atoms with van der Waals surface area (Å²) in [5.41, 5.74) is 4.47. The molecule has 0 heterocycles. The van der Waals surface area contributed by atoms with Crippen molar-refractivity contribution in [2.45, 2.75) is 24.3 Å². The summed E-state index contributed by atoms with van der Waals surface area (Å²) >= 11 is 0. The molecule has 10 heteroatoms. The normalized spacial score (nSPS) is 13.3. The van der Waals surface area contributed by atoms with Gasteiger partial charge in [0.1, 0.15) is 10.7 Å². The SMILES string of the molecule is CC(C)(CNS(=O)(=O)c1cc(N)ccc1F)NS(C)(=O)=O. The van der Waals surface area contributed by atoms with Gasteiger partial charge in [0, 0.05) is 17.8 Å². The van der Waals surface area contributed by atoms with Gasteiger partial charge in [0.15, 0.2) is 0 Å². The van der Waals surface area contributed by atoms with Gasteiger partial charge >= 0.3 is 0 Å². The van der Waals surface area contributed by atoms with Crippen molar-refractivity contribution >= 4 is 25.7 Å². The van der Waals surface area contributed by atoms with E-state index in [-0.39, 0.29) is 12.2 Å². The zero-order valence-corrected chi connectivity index (χ0v) is 13.5. The minimum absolute atomic E-state index is 0.102. The smallest absolute Gasteiger partial charge is 0.243 e. The maximum absolute atomic E-state index is 13.6. The molecule has 0 saturated heterocycles. The van der Waals surface area contributed by atoms with Crippen LogP contribution in [0.2, 0.25) is 0 Å². The van der Waals surface area contributed by atoms with Crippen molar-refractivity contribution in [2.75, 3.05) is 18.5 Å². The monoisotopic (exact) mass is 339 g/mol. The highest BCUT2D eigenvalue weighted by Crippen LogP contribution is 2.18. The van der Waals surface area contributed by atoms with E-state index in [0.717, 1.165) is 18.4 Å². The number of anilines is 1. The first-order valence-electron chi connectivity index (χ1n) is 5.86. The molecule has 0 aliphatic rings. The fraction of sp³-hybridized carbons (Fsp3) is 0.455. The van der Waals surface area contributed by atoms with Crippen molar-refractivity contribution in [3.63, 3.8) is 0 Å². The molecule has 0 atom stereocenters. The lowest BCUT2D eigenvalue weighted by Gasteiger charge is -2.25. The van der Waals surface area contributed by atoms with Crippen LogP contribution in [-0.4, -0.2) is 35.2 Å². The topological polar surface area (TPSA) is 118 Å². The summed E-state index contributed by atoms with van der Waals surface area (Å²) in [5.74, 6) is -0.939. The quantitative estimate of drug-likeness (QED) is 0.631. The third-order valence-electron chi connectivity index (χ3n) is 2.41. The van der Waals surface area contributed by atoms with Crippen molar-refractivity contribution in [2.24, 2.45) is 0 Å². The van der Waals surface area contributed by atoms with Crippen LogP contribution in [0.5, 0.6) is 0 Å². The zero-order valence-electron chi connectivity index (χ0n) is 11.8. The Balaban J connectivity index is 2.94. The van der Waals surface area contributed by atoms with Crippen LogP contribution in [0.4, 0.5) is 10.1 Å². The second kappa shape index (κ2) is 5.87. The molecule has 1 rings (SSSR count). The van der Waals surface area contributed by atoms with E-state index in [1.807, 2.05) is 0 Å². The molecule has 0 fully saturated rings. The van der Waals surface area contributed by atoms with Crippen LogP contribution >= 0.6 is 0 Å². The van der Waals surface area contributed by atoms with E-state index in [2.05, 4.69) is 9.44 Å². The summed E-state index contributed by atoms with van der Waals surface area (Å²) in [5, 5.41) is 0. The number of hydrogen-bond donors (Lipinski definition) is 3. The van der Waals surface area contributed by atoms with Crippen molar-refractivity contribution in [1.82, 2.24) is 9.44 Å². The van der Waals surface area contributed by atoms with Gasteiger partial charge in [-0.15, -0.1) is 0 Å². The average Bonchev–Trinajstić information content (AvgIpc) is 2.27. The molecule has 0 saturated carbocycles. The maximum atomic E-state index is 13.6. The van der Waals surface area contributed by atoms with Crippen molar-refractivity contribution in [3.05, 3.63) is 24.0 Å². The van der Waals surface area contributed by atoms with Crippen molar-refractivity contribution < 1.29 is 21.2 Å². The fourth-order valence-corrected chi connectivity index (χ4v) is 4.02.